The normalized spacial score (nSPS) is 10.1. The summed E-state index contributed by atoms with van der Waals surface area (Å²) in [6.07, 6.45) is 2.22. The van der Waals surface area contributed by atoms with E-state index in [1.807, 2.05) is 6.07 Å². The van der Waals surface area contributed by atoms with Gasteiger partial charge < -0.3 is 14.2 Å². The van der Waals surface area contributed by atoms with Crippen molar-refractivity contribution >= 4 is 11.6 Å². The second-order valence-corrected chi connectivity index (χ2v) is 3.77. The molecule has 98 valence electrons. The van der Waals surface area contributed by atoms with Crippen molar-refractivity contribution in [3.8, 4) is 11.9 Å². The molecule has 1 rings (SSSR count). The van der Waals surface area contributed by atoms with Crippen LogP contribution in [0.15, 0.2) is 12.3 Å². The molecule has 0 saturated heterocycles. The average molecular weight is 271 g/mol. The summed E-state index contributed by atoms with van der Waals surface area (Å²) in [4.78, 5) is 3.97. The van der Waals surface area contributed by atoms with E-state index in [1.54, 1.807) is 13.2 Å². The Morgan fingerprint density at radius 2 is 2.17 bits per heavy atom. The SMILES string of the molecule is COCCOCCCOc1nccc(C#N)c1Cl. The van der Waals surface area contributed by atoms with Crippen molar-refractivity contribution in [3.63, 3.8) is 0 Å². The lowest BCUT2D eigenvalue weighted by atomic mass is 10.3. The van der Waals surface area contributed by atoms with Crippen molar-refractivity contribution in [1.82, 2.24) is 4.98 Å². The van der Waals surface area contributed by atoms with E-state index in [-0.39, 0.29) is 10.9 Å². The fraction of sp³-hybridized carbons (Fsp3) is 0.500. The first-order valence-electron chi connectivity index (χ1n) is 5.53. The van der Waals surface area contributed by atoms with Crippen molar-refractivity contribution in [2.45, 2.75) is 6.42 Å². The second-order valence-electron chi connectivity index (χ2n) is 3.40. The fourth-order valence-corrected chi connectivity index (χ4v) is 1.39. The molecule has 6 heteroatoms. The molecule has 0 aromatic carbocycles. The van der Waals surface area contributed by atoms with Gasteiger partial charge in [-0.25, -0.2) is 4.98 Å². The largest absolute Gasteiger partial charge is 0.476 e. The topological polar surface area (TPSA) is 64.4 Å². The van der Waals surface area contributed by atoms with Crippen LogP contribution in [0.5, 0.6) is 5.88 Å². The molecule has 0 radical (unpaired) electrons. The Morgan fingerprint density at radius 1 is 1.33 bits per heavy atom. The first kappa shape index (κ1) is 14.7. The maximum atomic E-state index is 8.79. The number of pyridine rings is 1. The number of rotatable bonds is 8. The molecular formula is C12H15ClN2O3. The van der Waals surface area contributed by atoms with Crippen LogP contribution in [-0.2, 0) is 9.47 Å². The molecule has 0 atom stereocenters. The number of methoxy groups -OCH3 is 1. The van der Waals surface area contributed by atoms with Gasteiger partial charge >= 0.3 is 0 Å². The maximum absolute atomic E-state index is 8.79. The number of hydrogen-bond donors (Lipinski definition) is 0. The minimum absolute atomic E-state index is 0.250. The maximum Gasteiger partial charge on any atom is 0.233 e. The van der Waals surface area contributed by atoms with E-state index in [1.165, 1.54) is 6.20 Å². The summed E-state index contributed by atoms with van der Waals surface area (Å²) in [5.74, 6) is 0.285. The zero-order valence-electron chi connectivity index (χ0n) is 10.2. The third kappa shape index (κ3) is 4.88. The molecule has 0 amide bonds. The van der Waals surface area contributed by atoms with Crippen LogP contribution < -0.4 is 4.74 Å². The first-order chi connectivity index (χ1) is 8.79. The Kier molecular flexibility index (Phi) is 7.11. The van der Waals surface area contributed by atoms with E-state index in [4.69, 9.17) is 31.1 Å². The van der Waals surface area contributed by atoms with Crippen LogP contribution in [0, 0.1) is 11.3 Å². The van der Waals surface area contributed by atoms with Crippen LogP contribution in [0.1, 0.15) is 12.0 Å². The summed E-state index contributed by atoms with van der Waals surface area (Å²) < 4.78 is 15.5. The Balaban J connectivity index is 2.26. The molecule has 1 aromatic rings. The van der Waals surface area contributed by atoms with Crippen LogP contribution in [0.3, 0.4) is 0 Å². The highest BCUT2D eigenvalue weighted by molar-refractivity contribution is 6.32. The molecule has 18 heavy (non-hydrogen) atoms. The molecule has 0 unspecified atom stereocenters. The van der Waals surface area contributed by atoms with Crippen LogP contribution in [0.4, 0.5) is 0 Å². The summed E-state index contributed by atoms with van der Waals surface area (Å²) in [6, 6.07) is 3.51. The quantitative estimate of drug-likeness (QED) is 0.677. The zero-order chi connectivity index (χ0) is 13.2. The first-order valence-corrected chi connectivity index (χ1v) is 5.91. The number of nitriles is 1. The highest BCUT2D eigenvalue weighted by atomic mass is 35.5. The lowest BCUT2D eigenvalue weighted by Crippen LogP contribution is -2.07. The summed E-state index contributed by atoms with van der Waals surface area (Å²) in [5.41, 5.74) is 0.359. The van der Waals surface area contributed by atoms with Gasteiger partial charge in [0.05, 0.1) is 25.4 Å². The number of halogens is 1. The van der Waals surface area contributed by atoms with Crippen LogP contribution in [0.2, 0.25) is 5.02 Å². The van der Waals surface area contributed by atoms with Crippen LogP contribution in [-0.4, -0.2) is 38.5 Å². The molecule has 0 aliphatic heterocycles. The number of nitrogens with zero attached hydrogens (tertiary/aromatic N) is 2. The van der Waals surface area contributed by atoms with Gasteiger partial charge in [-0.15, -0.1) is 0 Å². The van der Waals surface area contributed by atoms with E-state index in [2.05, 4.69) is 4.98 Å². The Hall–Kier alpha value is -1.35. The van der Waals surface area contributed by atoms with Gasteiger partial charge in [0.15, 0.2) is 0 Å². The lowest BCUT2D eigenvalue weighted by molar-refractivity contribution is 0.0642. The van der Waals surface area contributed by atoms with E-state index >= 15 is 0 Å². The van der Waals surface area contributed by atoms with Crippen molar-refractivity contribution in [2.24, 2.45) is 0 Å². The summed E-state index contributed by atoms with van der Waals surface area (Å²) in [5, 5.41) is 9.04. The predicted octanol–water partition coefficient (Wildman–Crippen LogP) is 2.04. The minimum Gasteiger partial charge on any atom is -0.476 e. The van der Waals surface area contributed by atoms with Gasteiger partial charge in [0.1, 0.15) is 11.1 Å². The van der Waals surface area contributed by atoms with Crippen LogP contribution >= 0.6 is 11.6 Å². The third-order valence-electron chi connectivity index (χ3n) is 2.08. The molecule has 0 aliphatic carbocycles. The van der Waals surface area contributed by atoms with Crippen LogP contribution in [0.25, 0.3) is 0 Å². The summed E-state index contributed by atoms with van der Waals surface area (Å²) >= 11 is 5.93. The number of hydrogen-bond acceptors (Lipinski definition) is 5. The summed E-state index contributed by atoms with van der Waals surface area (Å²) in [7, 11) is 1.63. The van der Waals surface area contributed by atoms with E-state index < -0.39 is 0 Å². The Labute approximate surface area is 111 Å². The lowest BCUT2D eigenvalue weighted by Gasteiger charge is -2.07. The van der Waals surface area contributed by atoms with Gasteiger partial charge in [0.2, 0.25) is 5.88 Å². The number of ether oxygens (including phenoxy) is 3. The molecule has 5 nitrogen and oxygen atoms in total. The molecule has 0 saturated carbocycles. The third-order valence-corrected chi connectivity index (χ3v) is 2.45. The smallest absolute Gasteiger partial charge is 0.233 e. The highest BCUT2D eigenvalue weighted by Crippen LogP contribution is 2.24. The standard InChI is InChI=1S/C12H15ClN2O3/c1-16-7-8-17-5-2-6-18-12-11(13)10(9-14)3-4-15-12/h3-4H,2,5-8H2,1H3. The fourth-order valence-electron chi connectivity index (χ4n) is 1.19. The minimum atomic E-state index is 0.250. The van der Waals surface area contributed by atoms with Gasteiger partial charge in [0, 0.05) is 26.3 Å². The second kappa shape index (κ2) is 8.70. The van der Waals surface area contributed by atoms with Crippen molar-refractivity contribution in [2.75, 3.05) is 33.5 Å². The van der Waals surface area contributed by atoms with Gasteiger partial charge in [-0.2, -0.15) is 5.26 Å². The van der Waals surface area contributed by atoms with Gasteiger partial charge in [-0.1, -0.05) is 11.6 Å². The predicted molar refractivity (Wildman–Crippen MR) is 66.8 cm³/mol. The molecule has 1 heterocycles. The van der Waals surface area contributed by atoms with E-state index in [0.29, 0.717) is 32.0 Å². The molecular weight excluding hydrogens is 256 g/mol. The van der Waals surface area contributed by atoms with Crippen molar-refractivity contribution < 1.29 is 14.2 Å². The molecule has 0 bridgehead atoms. The molecule has 0 spiro atoms. The Bertz CT molecular complexity index is 407. The molecule has 0 aliphatic rings. The van der Waals surface area contributed by atoms with Gasteiger partial charge in [-0.05, 0) is 6.07 Å². The Morgan fingerprint density at radius 3 is 2.89 bits per heavy atom. The van der Waals surface area contributed by atoms with Gasteiger partial charge in [0.25, 0.3) is 0 Å². The molecule has 0 fully saturated rings. The summed E-state index contributed by atoms with van der Waals surface area (Å²) in [6.45, 7) is 2.17. The zero-order valence-corrected chi connectivity index (χ0v) is 10.9. The van der Waals surface area contributed by atoms with Gasteiger partial charge in [-0.3, -0.25) is 0 Å². The van der Waals surface area contributed by atoms with Crippen molar-refractivity contribution in [1.29, 1.82) is 5.26 Å². The highest BCUT2D eigenvalue weighted by Gasteiger charge is 2.07. The monoisotopic (exact) mass is 270 g/mol. The number of aromatic nitrogens is 1. The average Bonchev–Trinajstić information content (AvgIpc) is 2.39. The van der Waals surface area contributed by atoms with E-state index in [9.17, 15) is 0 Å². The van der Waals surface area contributed by atoms with Crippen molar-refractivity contribution in [3.05, 3.63) is 22.8 Å². The molecule has 1 aromatic heterocycles. The molecule has 0 N–H and O–H groups in total. The van der Waals surface area contributed by atoms with E-state index in [0.717, 1.165) is 6.42 Å².